The zero-order valence-electron chi connectivity index (χ0n) is 18.6. The number of hydrogen-bond acceptors (Lipinski definition) is 4. The molecule has 7 nitrogen and oxygen atoms in total. The molecule has 3 aromatic rings. The van der Waals surface area contributed by atoms with Gasteiger partial charge in [-0.3, -0.25) is 9.59 Å². The molecule has 2 aliphatic rings. The number of hydrogen-bond donors (Lipinski definition) is 1. The summed E-state index contributed by atoms with van der Waals surface area (Å²) in [6, 6.07) is 12.7. The molecule has 5 rings (SSSR count). The molecule has 2 aromatic carbocycles. The van der Waals surface area contributed by atoms with E-state index >= 15 is 0 Å². The van der Waals surface area contributed by atoms with Crippen molar-refractivity contribution in [1.29, 1.82) is 0 Å². The molecule has 7 heteroatoms. The summed E-state index contributed by atoms with van der Waals surface area (Å²) < 4.78 is 11.1. The second-order valence-electron chi connectivity index (χ2n) is 8.35. The average molecular weight is 434 g/mol. The van der Waals surface area contributed by atoms with Crippen molar-refractivity contribution in [3.63, 3.8) is 0 Å². The molecule has 2 atom stereocenters. The third-order valence-corrected chi connectivity index (χ3v) is 6.57. The van der Waals surface area contributed by atoms with Gasteiger partial charge >= 0.3 is 0 Å². The van der Waals surface area contributed by atoms with Crippen molar-refractivity contribution in [2.75, 3.05) is 27.3 Å². The van der Waals surface area contributed by atoms with E-state index in [9.17, 15) is 9.59 Å². The second-order valence-corrected chi connectivity index (χ2v) is 8.35. The minimum absolute atomic E-state index is 0.0138. The van der Waals surface area contributed by atoms with E-state index < -0.39 is 12.1 Å². The zero-order chi connectivity index (χ0) is 22.4. The number of nitrogens with zero attached hydrogens (tertiary/aromatic N) is 2. The third kappa shape index (κ3) is 3.03. The largest absolute Gasteiger partial charge is 0.497 e. The van der Waals surface area contributed by atoms with E-state index in [0.29, 0.717) is 24.5 Å². The van der Waals surface area contributed by atoms with E-state index in [1.165, 1.54) is 0 Å². The Labute approximate surface area is 186 Å². The van der Waals surface area contributed by atoms with Gasteiger partial charge in [0.2, 0.25) is 11.8 Å². The summed E-state index contributed by atoms with van der Waals surface area (Å²) in [4.78, 5) is 33.9. The minimum atomic E-state index is -0.536. The molecule has 0 bridgehead atoms. The maximum atomic E-state index is 13.5. The number of nitrogens with one attached hydrogen (secondary N) is 1. The van der Waals surface area contributed by atoms with Crippen molar-refractivity contribution < 1.29 is 19.1 Å². The van der Waals surface area contributed by atoms with Crippen LogP contribution in [0.15, 0.2) is 42.5 Å². The Kier molecular flexibility index (Phi) is 5.04. The van der Waals surface area contributed by atoms with Gasteiger partial charge in [-0.05, 0) is 30.2 Å². The van der Waals surface area contributed by atoms with Crippen molar-refractivity contribution >= 4 is 22.7 Å². The van der Waals surface area contributed by atoms with Crippen molar-refractivity contribution in [2.24, 2.45) is 0 Å². The van der Waals surface area contributed by atoms with Crippen molar-refractivity contribution in [1.82, 2.24) is 14.8 Å². The summed E-state index contributed by atoms with van der Waals surface area (Å²) in [5, 5.41) is 1.09. The molecule has 1 aromatic heterocycles. The SMILES string of the molecule is CCCN1CC(=O)N2C(c3ccc(OC)cc3OC)c3[nH]c4ccccc4c3C[C@H]2C1=O. The first-order chi connectivity index (χ1) is 15.6. The van der Waals surface area contributed by atoms with Crippen LogP contribution in [0.3, 0.4) is 0 Å². The number of aromatic amines is 1. The first-order valence-corrected chi connectivity index (χ1v) is 11.0. The Morgan fingerprint density at radius 1 is 1.09 bits per heavy atom. The van der Waals surface area contributed by atoms with Gasteiger partial charge in [0.05, 0.1) is 20.8 Å². The van der Waals surface area contributed by atoms with Gasteiger partial charge in [0.25, 0.3) is 0 Å². The number of fused-ring (bicyclic) bond motifs is 4. The van der Waals surface area contributed by atoms with Crippen molar-refractivity contribution in [2.45, 2.75) is 31.8 Å². The highest BCUT2D eigenvalue weighted by atomic mass is 16.5. The first kappa shape index (κ1) is 20.4. The Morgan fingerprint density at radius 2 is 1.91 bits per heavy atom. The lowest BCUT2D eigenvalue weighted by Crippen LogP contribution is -2.63. The van der Waals surface area contributed by atoms with Crippen LogP contribution in [0, 0.1) is 0 Å². The Hall–Kier alpha value is -3.48. The molecule has 0 saturated carbocycles. The lowest BCUT2D eigenvalue weighted by Gasteiger charge is -2.47. The van der Waals surface area contributed by atoms with Crippen LogP contribution in [0.25, 0.3) is 10.9 Å². The summed E-state index contributed by atoms with van der Waals surface area (Å²) in [5.74, 6) is 1.26. The second kappa shape index (κ2) is 7.89. The number of carbonyl (C=O) groups excluding carboxylic acids is 2. The van der Waals surface area contributed by atoms with Gasteiger partial charge in [0, 0.05) is 41.2 Å². The molecule has 1 N–H and O–H groups in total. The van der Waals surface area contributed by atoms with Gasteiger partial charge < -0.3 is 24.3 Å². The number of carbonyl (C=O) groups is 2. The average Bonchev–Trinajstić information content (AvgIpc) is 3.19. The standard InChI is InChI=1S/C25H27N3O4/c1-4-11-27-14-22(29)28-20(25(27)30)13-18-16-7-5-6-8-19(16)26-23(18)24(28)17-10-9-15(31-2)12-21(17)32-3/h5-10,12,20,24,26H,4,11,13-14H2,1-3H3/t20-,24?/m0/s1. The van der Waals surface area contributed by atoms with Crippen LogP contribution in [0.2, 0.25) is 0 Å². The smallest absolute Gasteiger partial charge is 0.246 e. The fourth-order valence-electron chi connectivity index (χ4n) is 5.15. The number of methoxy groups -OCH3 is 2. The van der Waals surface area contributed by atoms with E-state index in [1.54, 1.807) is 24.0 Å². The van der Waals surface area contributed by atoms with E-state index in [4.69, 9.17) is 9.47 Å². The minimum Gasteiger partial charge on any atom is -0.497 e. The molecule has 0 radical (unpaired) electrons. The van der Waals surface area contributed by atoms with Crippen LogP contribution < -0.4 is 9.47 Å². The molecule has 0 spiro atoms. The highest BCUT2D eigenvalue weighted by molar-refractivity contribution is 5.97. The van der Waals surface area contributed by atoms with Crippen LogP contribution in [-0.4, -0.2) is 59.9 Å². The van der Waals surface area contributed by atoms with Crippen LogP contribution in [0.1, 0.15) is 36.2 Å². The van der Waals surface area contributed by atoms with Crippen molar-refractivity contribution in [3.8, 4) is 11.5 Å². The number of para-hydroxylation sites is 1. The number of piperazine rings is 1. The van der Waals surface area contributed by atoms with E-state index in [0.717, 1.165) is 34.1 Å². The molecule has 32 heavy (non-hydrogen) atoms. The predicted octanol–water partition coefficient (Wildman–Crippen LogP) is 3.28. The number of ether oxygens (including phenoxy) is 2. The number of amides is 2. The highest BCUT2D eigenvalue weighted by Crippen LogP contribution is 2.45. The number of H-pyrrole nitrogens is 1. The summed E-state index contributed by atoms with van der Waals surface area (Å²) in [7, 11) is 3.22. The normalized spacial score (nSPS) is 20.3. The van der Waals surface area contributed by atoms with Gasteiger partial charge in [-0.2, -0.15) is 0 Å². The Morgan fingerprint density at radius 3 is 2.66 bits per heavy atom. The molecular weight excluding hydrogens is 406 g/mol. The van der Waals surface area contributed by atoms with Gasteiger partial charge in [-0.25, -0.2) is 0 Å². The summed E-state index contributed by atoms with van der Waals surface area (Å²) in [5.41, 5.74) is 3.86. The molecule has 3 heterocycles. The van der Waals surface area contributed by atoms with Gasteiger partial charge in [0.15, 0.2) is 0 Å². The predicted molar refractivity (Wildman–Crippen MR) is 121 cm³/mol. The molecule has 2 aliphatic heterocycles. The molecule has 166 valence electrons. The van der Waals surface area contributed by atoms with Gasteiger partial charge in [0.1, 0.15) is 23.6 Å². The molecule has 0 aliphatic carbocycles. The molecule has 1 saturated heterocycles. The first-order valence-electron chi connectivity index (χ1n) is 11.0. The van der Waals surface area contributed by atoms with Crippen LogP contribution in [-0.2, 0) is 16.0 Å². The summed E-state index contributed by atoms with van der Waals surface area (Å²) >= 11 is 0. The van der Waals surface area contributed by atoms with Crippen LogP contribution in [0.4, 0.5) is 0 Å². The fraction of sp³-hybridized carbons (Fsp3) is 0.360. The third-order valence-electron chi connectivity index (χ3n) is 6.57. The van der Waals surface area contributed by atoms with Gasteiger partial charge in [-0.15, -0.1) is 0 Å². The van der Waals surface area contributed by atoms with Crippen LogP contribution in [0.5, 0.6) is 11.5 Å². The lowest BCUT2D eigenvalue weighted by atomic mass is 9.85. The lowest BCUT2D eigenvalue weighted by molar-refractivity contribution is -0.158. The topological polar surface area (TPSA) is 74.9 Å². The van der Waals surface area contributed by atoms with Crippen molar-refractivity contribution in [3.05, 3.63) is 59.3 Å². The maximum absolute atomic E-state index is 13.5. The molecular formula is C25H27N3O4. The quantitative estimate of drug-likeness (QED) is 0.670. The van der Waals surface area contributed by atoms with Gasteiger partial charge in [-0.1, -0.05) is 25.1 Å². The number of aromatic nitrogens is 1. The summed E-state index contributed by atoms with van der Waals surface area (Å²) in [6.45, 7) is 2.72. The monoisotopic (exact) mass is 433 g/mol. The van der Waals surface area contributed by atoms with E-state index in [-0.39, 0.29) is 18.4 Å². The molecule has 1 fully saturated rings. The fourth-order valence-corrected chi connectivity index (χ4v) is 5.15. The highest BCUT2D eigenvalue weighted by Gasteiger charge is 2.48. The molecule has 1 unspecified atom stereocenters. The van der Waals surface area contributed by atoms with E-state index in [1.807, 2.05) is 43.3 Å². The maximum Gasteiger partial charge on any atom is 0.246 e. The number of rotatable bonds is 5. The van der Waals surface area contributed by atoms with Crippen LogP contribution >= 0.6 is 0 Å². The summed E-state index contributed by atoms with van der Waals surface area (Å²) in [6.07, 6.45) is 1.32. The molecule has 2 amide bonds. The number of benzene rings is 2. The van der Waals surface area contributed by atoms with E-state index in [2.05, 4.69) is 11.1 Å². The Bertz CT molecular complexity index is 1200. The Balaban J connectivity index is 1.73. The zero-order valence-corrected chi connectivity index (χ0v) is 18.6.